The lowest BCUT2D eigenvalue weighted by molar-refractivity contribution is 0.105. The van der Waals surface area contributed by atoms with Crippen molar-refractivity contribution in [3.05, 3.63) is 63.6 Å². The highest BCUT2D eigenvalue weighted by atomic mass is 35.5. The molecule has 7 heteroatoms. The Hall–Kier alpha value is -1.95. The molecule has 146 valence electrons. The second-order valence-electron chi connectivity index (χ2n) is 6.00. The Balaban J connectivity index is 0.000000244. The van der Waals surface area contributed by atoms with Crippen LogP contribution >= 0.6 is 23.2 Å². The number of carbonyl (C=O) groups excluding carboxylic acids is 1. The molecule has 0 aliphatic carbocycles. The molecule has 1 aliphatic rings. The average Bonchev–Trinajstić information content (AvgIpc) is 3.08. The molecule has 1 amide bonds. The first-order chi connectivity index (χ1) is 13.0. The quantitative estimate of drug-likeness (QED) is 0.738. The minimum atomic E-state index is -0.404. The van der Waals surface area contributed by atoms with E-state index in [2.05, 4.69) is 23.6 Å². The highest BCUT2D eigenvalue weighted by Crippen LogP contribution is 2.26. The standard InChI is InChI=1S/C12H15ClN2O3.C8H9Cl/c1-14-5-8-2-3-10(13)11(4-8)17-7-9-6-15-12(16)18-9;1-2-7-4-3-5-8(9)6-7/h2-4,9,14H,5-7H2,1H3,(H,15,16);3-6H,2H2,1H3. The molecule has 2 aromatic rings. The molecule has 0 spiro atoms. The molecule has 3 rings (SSSR count). The van der Waals surface area contributed by atoms with Crippen LogP contribution < -0.4 is 15.4 Å². The van der Waals surface area contributed by atoms with E-state index < -0.39 is 6.09 Å². The van der Waals surface area contributed by atoms with Crippen molar-refractivity contribution in [2.45, 2.75) is 26.0 Å². The van der Waals surface area contributed by atoms with Crippen LogP contribution in [0.15, 0.2) is 42.5 Å². The number of rotatable bonds is 6. The van der Waals surface area contributed by atoms with Gasteiger partial charge in [-0.15, -0.1) is 0 Å². The van der Waals surface area contributed by atoms with Crippen LogP contribution in [0.2, 0.25) is 10.0 Å². The van der Waals surface area contributed by atoms with E-state index in [0.29, 0.717) is 23.9 Å². The number of cyclic esters (lactones) is 1. The number of ether oxygens (including phenoxy) is 2. The lowest BCUT2D eigenvalue weighted by atomic mass is 10.2. The largest absolute Gasteiger partial charge is 0.488 e. The summed E-state index contributed by atoms with van der Waals surface area (Å²) in [6, 6.07) is 13.5. The van der Waals surface area contributed by atoms with Crippen molar-refractivity contribution in [2.75, 3.05) is 20.2 Å². The van der Waals surface area contributed by atoms with Gasteiger partial charge in [-0.1, -0.05) is 48.3 Å². The zero-order chi connectivity index (χ0) is 19.6. The molecule has 1 unspecified atom stereocenters. The first-order valence-electron chi connectivity index (χ1n) is 8.76. The van der Waals surface area contributed by atoms with E-state index in [-0.39, 0.29) is 6.10 Å². The van der Waals surface area contributed by atoms with E-state index in [1.54, 1.807) is 6.07 Å². The Morgan fingerprint density at radius 1 is 1.22 bits per heavy atom. The molecular formula is C20H24Cl2N2O3. The molecule has 1 fully saturated rings. The lowest BCUT2D eigenvalue weighted by Gasteiger charge is -2.12. The average molecular weight is 411 g/mol. The molecule has 0 bridgehead atoms. The topological polar surface area (TPSA) is 59.6 Å². The second kappa shape index (κ2) is 11.0. The first-order valence-corrected chi connectivity index (χ1v) is 9.52. The third-order valence-corrected chi connectivity index (χ3v) is 4.39. The Morgan fingerprint density at radius 3 is 2.63 bits per heavy atom. The van der Waals surface area contributed by atoms with Gasteiger partial charge in [-0.05, 0) is 48.9 Å². The number of carbonyl (C=O) groups is 1. The summed E-state index contributed by atoms with van der Waals surface area (Å²) in [6.45, 7) is 3.62. The minimum absolute atomic E-state index is 0.262. The third-order valence-electron chi connectivity index (χ3n) is 3.85. The number of amides is 1. The van der Waals surface area contributed by atoms with Gasteiger partial charge in [0.1, 0.15) is 12.4 Å². The molecule has 1 atom stereocenters. The van der Waals surface area contributed by atoms with E-state index in [0.717, 1.165) is 23.6 Å². The number of aryl methyl sites for hydroxylation is 1. The fraction of sp³-hybridized carbons (Fsp3) is 0.350. The van der Waals surface area contributed by atoms with Crippen LogP contribution in [-0.2, 0) is 17.7 Å². The molecule has 2 N–H and O–H groups in total. The van der Waals surface area contributed by atoms with Crippen molar-refractivity contribution in [1.82, 2.24) is 10.6 Å². The minimum Gasteiger partial charge on any atom is -0.488 e. The maximum Gasteiger partial charge on any atom is 0.407 e. The lowest BCUT2D eigenvalue weighted by Crippen LogP contribution is -2.22. The van der Waals surface area contributed by atoms with Gasteiger partial charge in [-0.2, -0.15) is 0 Å². The SMILES string of the molecule is CCc1cccc(Cl)c1.CNCc1ccc(Cl)c(OCC2CNC(=O)O2)c1. The van der Waals surface area contributed by atoms with Gasteiger partial charge in [0.2, 0.25) is 0 Å². The fourth-order valence-corrected chi connectivity index (χ4v) is 2.82. The van der Waals surface area contributed by atoms with Gasteiger partial charge in [0.05, 0.1) is 11.6 Å². The maximum atomic E-state index is 10.8. The van der Waals surface area contributed by atoms with E-state index in [9.17, 15) is 4.79 Å². The van der Waals surface area contributed by atoms with Gasteiger partial charge >= 0.3 is 6.09 Å². The molecule has 1 saturated heterocycles. The molecule has 0 radical (unpaired) electrons. The summed E-state index contributed by atoms with van der Waals surface area (Å²) in [6.07, 6.45) is 0.390. The Morgan fingerprint density at radius 2 is 2.04 bits per heavy atom. The zero-order valence-electron chi connectivity index (χ0n) is 15.4. The predicted molar refractivity (Wildman–Crippen MR) is 109 cm³/mol. The summed E-state index contributed by atoms with van der Waals surface area (Å²) in [4.78, 5) is 10.8. The third kappa shape index (κ3) is 7.29. The number of halogens is 2. The van der Waals surface area contributed by atoms with E-state index in [1.165, 1.54) is 5.56 Å². The highest BCUT2D eigenvalue weighted by Gasteiger charge is 2.23. The van der Waals surface area contributed by atoms with Crippen LogP contribution in [0.5, 0.6) is 5.75 Å². The number of hydrogen-bond acceptors (Lipinski definition) is 4. The Bertz CT molecular complexity index is 756. The van der Waals surface area contributed by atoms with Crippen molar-refractivity contribution >= 4 is 29.3 Å². The van der Waals surface area contributed by atoms with E-state index in [1.807, 2.05) is 37.4 Å². The summed E-state index contributed by atoms with van der Waals surface area (Å²) >= 11 is 11.8. The van der Waals surface area contributed by atoms with Crippen LogP contribution in [0.25, 0.3) is 0 Å². The van der Waals surface area contributed by atoms with Crippen molar-refractivity contribution < 1.29 is 14.3 Å². The number of alkyl carbamates (subject to hydrolysis) is 1. The van der Waals surface area contributed by atoms with Crippen molar-refractivity contribution in [1.29, 1.82) is 0 Å². The Kier molecular flexibility index (Phi) is 8.72. The van der Waals surface area contributed by atoms with Gasteiger partial charge in [0.25, 0.3) is 0 Å². The van der Waals surface area contributed by atoms with Gasteiger partial charge in [-0.25, -0.2) is 4.79 Å². The fourth-order valence-electron chi connectivity index (χ4n) is 2.44. The Labute approximate surface area is 170 Å². The van der Waals surface area contributed by atoms with E-state index in [4.69, 9.17) is 32.7 Å². The van der Waals surface area contributed by atoms with Crippen LogP contribution in [0.1, 0.15) is 18.1 Å². The number of benzene rings is 2. The second-order valence-corrected chi connectivity index (χ2v) is 6.84. The molecule has 5 nitrogen and oxygen atoms in total. The molecule has 2 aromatic carbocycles. The molecule has 0 aromatic heterocycles. The van der Waals surface area contributed by atoms with Gasteiger partial charge in [-0.3, -0.25) is 0 Å². The number of nitrogens with one attached hydrogen (secondary N) is 2. The van der Waals surface area contributed by atoms with Gasteiger partial charge < -0.3 is 20.1 Å². The highest BCUT2D eigenvalue weighted by molar-refractivity contribution is 6.32. The summed E-state index contributed by atoms with van der Waals surface area (Å²) in [7, 11) is 1.87. The van der Waals surface area contributed by atoms with Gasteiger partial charge in [0, 0.05) is 11.6 Å². The van der Waals surface area contributed by atoms with Crippen LogP contribution in [0.3, 0.4) is 0 Å². The molecule has 1 heterocycles. The summed E-state index contributed by atoms with van der Waals surface area (Å²) < 4.78 is 10.5. The zero-order valence-corrected chi connectivity index (χ0v) is 16.9. The van der Waals surface area contributed by atoms with Crippen molar-refractivity contribution in [2.24, 2.45) is 0 Å². The molecular weight excluding hydrogens is 387 g/mol. The van der Waals surface area contributed by atoms with Gasteiger partial charge in [0.15, 0.2) is 6.10 Å². The monoisotopic (exact) mass is 410 g/mol. The van der Waals surface area contributed by atoms with Crippen LogP contribution in [0.4, 0.5) is 4.79 Å². The summed E-state index contributed by atoms with van der Waals surface area (Å²) in [5.74, 6) is 0.604. The van der Waals surface area contributed by atoms with Crippen LogP contribution in [0, 0.1) is 0 Å². The molecule has 1 aliphatic heterocycles. The molecule has 27 heavy (non-hydrogen) atoms. The number of hydrogen-bond donors (Lipinski definition) is 2. The van der Waals surface area contributed by atoms with Crippen LogP contribution in [-0.4, -0.2) is 32.4 Å². The smallest absolute Gasteiger partial charge is 0.407 e. The van der Waals surface area contributed by atoms with Crippen molar-refractivity contribution in [3.63, 3.8) is 0 Å². The van der Waals surface area contributed by atoms with E-state index >= 15 is 0 Å². The first kappa shape index (κ1) is 21.4. The van der Waals surface area contributed by atoms with Crippen molar-refractivity contribution in [3.8, 4) is 5.75 Å². The summed E-state index contributed by atoms with van der Waals surface area (Å²) in [5.41, 5.74) is 2.38. The summed E-state index contributed by atoms with van der Waals surface area (Å²) in [5, 5.41) is 7.00. The predicted octanol–water partition coefficient (Wildman–Crippen LogP) is 4.45. The normalized spacial score (nSPS) is 15.4. The molecule has 0 saturated carbocycles. The maximum absolute atomic E-state index is 10.8.